The number of thiophene rings is 1. The van der Waals surface area contributed by atoms with Crippen LogP contribution in [-0.4, -0.2) is 74.2 Å². The van der Waals surface area contributed by atoms with Crippen molar-refractivity contribution in [2.45, 2.75) is 43.4 Å². The molecule has 0 aliphatic carbocycles. The Hall–Kier alpha value is -3.91. The minimum absolute atomic E-state index is 0.0128. The summed E-state index contributed by atoms with van der Waals surface area (Å²) in [6, 6.07) is 15.8. The summed E-state index contributed by atoms with van der Waals surface area (Å²) in [5, 5.41) is 37.1. The number of rotatable bonds is 14. The largest absolute Gasteiger partial charge is 0.544 e. The van der Waals surface area contributed by atoms with Crippen molar-refractivity contribution in [1.29, 1.82) is 0 Å². The van der Waals surface area contributed by atoms with E-state index in [-0.39, 0.29) is 34.0 Å². The Balaban J connectivity index is 1.54. The van der Waals surface area contributed by atoms with Crippen molar-refractivity contribution in [3.05, 3.63) is 109 Å². The number of aromatic carboxylic acids is 1. The van der Waals surface area contributed by atoms with Crippen LogP contribution in [-0.2, 0) is 28.0 Å². The summed E-state index contributed by atoms with van der Waals surface area (Å²) in [6.45, 7) is 0.984. The fraction of sp³-hybridized carbons (Fsp3) is 0.361. The van der Waals surface area contributed by atoms with Crippen LogP contribution in [0.4, 0.5) is 0 Å². The number of hydrogen-bond donors (Lipinski definition) is 3. The number of piperidine rings is 1. The fourth-order valence-electron chi connectivity index (χ4n) is 6.20. The van der Waals surface area contributed by atoms with Gasteiger partial charge >= 0.3 is 5.97 Å². The van der Waals surface area contributed by atoms with E-state index in [1.165, 1.54) is 26.6 Å². The van der Waals surface area contributed by atoms with E-state index in [0.29, 0.717) is 51.5 Å². The number of esters is 1. The van der Waals surface area contributed by atoms with Gasteiger partial charge in [-0.05, 0) is 61.2 Å². The van der Waals surface area contributed by atoms with Gasteiger partial charge in [-0.25, -0.2) is 4.79 Å². The monoisotopic (exact) mass is 743 g/mol. The molecule has 0 amide bonds. The molecule has 2 aromatic heterocycles. The normalized spacial score (nSPS) is 15.6. The number of carbonyl (C=O) groups excluding carboxylic acids is 2. The van der Waals surface area contributed by atoms with E-state index in [0.717, 1.165) is 29.2 Å². The SMILES string of the molecule is COc1ccc([C@H](Cc2c(Cl)c[n+](O)cc2Cl)c2cc(CNC(CO)(C(=O)OC3CCN(C)CC3)c3ccccc3)sc2C(=O)[O-])cc1OC. The van der Waals surface area contributed by atoms with E-state index in [9.17, 15) is 25.0 Å². The molecule has 2 atom stereocenters. The number of nitrogens with one attached hydrogen (secondary N) is 1. The van der Waals surface area contributed by atoms with Crippen LogP contribution >= 0.6 is 34.5 Å². The maximum Gasteiger partial charge on any atom is 0.333 e. The number of methoxy groups -OCH3 is 2. The van der Waals surface area contributed by atoms with Crippen molar-refractivity contribution in [2.24, 2.45) is 0 Å². The first-order valence-corrected chi connectivity index (χ1v) is 17.5. The van der Waals surface area contributed by atoms with Gasteiger partial charge < -0.3 is 34.1 Å². The molecule has 266 valence electrons. The molecule has 0 spiro atoms. The standard InChI is InChI=1S/C36H39Cl2N3O8S/c1-40-13-11-24(12-14-40)49-35(45)36(21-42,23-7-5-4-6-8-23)39-18-25-16-27(33(50-25)34(43)44)26(17-28-29(37)19-41(46)20-30(28)38)22-9-10-31(47-2)32(15-22)48-3/h4-10,15-16,19-20,24,26,39,42H,11-14,17-18,21H2,1-3H3,(H-,43,44,46)/t26-,36?/m0/s1. The van der Waals surface area contributed by atoms with Crippen molar-refractivity contribution in [3.8, 4) is 11.5 Å². The molecule has 1 unspecified atom stereocenters. The number of halogens is 2. The molecule has 4 aromatic rings. The number of aliphatic hydroxyl groups excluding tert-OH is 1. The van der Waals surface area contributed by atoms with Crippen LogP contribution in [0.25, 0.3) is 0 Å². The number of pyridine rings is 1. The Labute approximate surface area is 304 Å². The molecule has 1 fully saturated rings. The number of aliphatic hydroxyl groups is 1. The van der Waals surface area contributed by atoms with Crippen molar-refractivity contribution < 1.29 is 44.0 Å². The maximum absolute atomic E-state index is 13.9. The average molecular weight is 745 g/mol. The first kappa shape index (κ1) is 37.3. The number of aromatic nitrogens is 1. The van der Waals surface area contributed by atoms with E-state index in [1.54, 1.807) is 48.5 Å². The molecule has 1 saturated heterocycles. The van der Waals surface area contributed by atoms with Crippen molar-refractivity contribution in [1.82, 2.24) is 10.2 Å². The lowest BCUT2D eigenvalue weighted by molar-refractivity contribution is -0.904. The minimum Gasteiger partial charge on any atom is -0.544 e. The number of likely N-dealkylation sites (tertiary alicyclic amines) is 1. The van der Waals surface area contributed by atoms with E-state index >= 15 is 0 Å². The molecule has 50 heavy (non-hydrogen) atoms. The molecule has 0 saturated carbocycles. The zero-order valence-electron chi connectivity index (χ0n) is 27.9. The zero-order valence-corrected chi connectivity index (χ0v) is 30.2. The summed E-state index contributed by atoms with van der Waals surface area (Å²) in [5.74, 6) is -1.73. The van der Waals surface area contributed by atoms with E-state index in [4.69, 9.17) is 37.4 Å². The first-order chi connectivity index (χ1) is 24.0. The number of carboxylic acid groups (broad SMARTS) is 1. The molecule has 1 aliphatic rings. The van der Waals surface area contributed by atoms with Crippen LogP contribution in [0.3, 0.4) is 0 Å². The predicted octanol–water partition coefficient (Wildman–Crippen LogP) is 3.95. The van der Waals surface area contributed by atoms with Crippen LogP contribution in [0.15, 0.2) is 67.0 Å². The lowest BCUT2D eigenvalue weighted by atomic mass is 9.85. The zero-order chi connectivity index (χ0) is 36.0. The third-order valence-corrected chi connectivity index (χ3v) is 10.8. The smallest absolute Gasteiger partial charge is 0.333 e. The number of carbonyl (C=O) groups is 2. The van der Waals surface area contributed by atoms with Gasteiger partial charge in [-0.2, -0.15) is 0 Å². The van der Waals surface area contributed by atoms with Gasteiger partial charge in [-0.15, -0.1) is 11.3 Å². The lowest BCUT2D eigenvalue weighted by Gasteiger charge is -2.35. The number of nitrogens with zero attached hydrogens (tertiary/aromatic N) is 2. The molecule has 0 radical (unpaired) electrons. The molecule has 0 bridgehead atoms. The van der Waals surface area contributed by atoms with Crippen molar-refractivity contribution in [2.75, 3.05) is 41.0 Å². The Morgan fingerprint density at radius 1 is 1.06 bits per heavy atom. The summed E-state index contributed by atoms with van der Waals surface area (Å²) in [4.78, 5) is 29.3. The highest BCUT2D eigenvalue weighted by Gasteiger charge is 2.43. The van der Waals surface area contributed by atoms with Gasteiger partial charge in [-0.1, -0.05) is 59.6 Å². The minimum atomic E-state index is -1.62. The predicted molar refractivity (Wildman–Crippen MR) is 186 cm³/mol. The van der Waals surface area contributed by atoms with Crippen LogP contribution in [0.2, 0.25) is 10.0 Å². The van der Waals surface area contributed by atoms with Crippen molar-refractivity contribution >= 4 is 46.5 Å². The van der Waals surface area contributed by atoms with Gasteiger partial charge in [-0.3, -0.25) is 10.5 Å². The third kappa shape index (κ3) is 8.17. The third-order valence-electron chi connectivity index (χ3n) is 9.01. The molecular formula is C36H39Cl2N3O8S. The Morgan fingerprint density at radius 2 is 1.72 bits per heavy atom. The summed E-state index contributed by atoms with van der Waals surface area (Å²) in [6.07, 6.45) is 3.78. The van der Waals surface area contributed by atoms with Crippen LogP contribution in [0.5, 0.6) is 11.5 Å². The van der Waals surface area contributed by atoms with E-state index < -0.39 is 30.0 Å². The summed E-state index contributed by atoms with van der Waals surface area (Å²) in [5.41, 5.74) is 0.453. The number of carboxylic acids is 1. The lowest BCUT2D eigenvalue weighted by Crippen LogP contribution is -2.54. The highest BCUT2D eigenvalue weighted by atomic mass is 35.5. The number of ether oxygens (including phenoxy) is 3. The molecule has 1 aliphatic heterocycles. The Morgan fingerprint density at radius 3 is 2.32 bits per heavy atom. The van der Waals surface area contributed by atoms with Crippen LogP contribution in [0.1, 0.15) is 55.6 Å². The average Bonchev–Trinajstić information content (AvgIpc) is 3.54. The molecule has 3 N–H and O–H groups in total. The van der Waals surface area contributed by atoms with Gasteiger partial charge in [0.2, 0.25) is 12.4 Å². The van der Waals surface area contributed by atoms with E-state index in [1.807, 2.05) is 13.1 Å². The molecule has 5 rings (SSSR count). The van der Waals surface area contributed by atoms with Gasteiger partial charge in [0, 0.05) is 40.7 Å². The molecule has 2 aromatic carbocycles. The van der Waals surface area contributed by atoms with Crippen LogP contribution in [0, 0.1) is 0 Å². The Kier molecular flexibility index (Phi) is 12.3. The number of hydrogen-bond acceptors (Lipinski definition) is 11. The van der Waals surface area contributed by atoms with E-state index in [2.05, 4.69) is 10.2 Å². The van der Waals surface area contributed by atoms with Gasteiger partial charge in [0.25, 0.3) is 0 Å². The Bertz CT molecular complexity index is 1790. The topological polar surface area (TPSA) is 144 Å². The molecule has 3 heterocycles. The quantitative estimate of drug-likeness (QED) is 0.0987. The second-order valence-corrected chi connectivity index (χ2v) is 14.1. The summed E-state index contributed by atoms with van der Waals surface area (Å²) < 4.78 is 17.7. The van der Waals surface area contributed by atoms with Gasteiger partial charge in [0.05, 0.1) is 31.7 Å². The number of benzene rings is 2. The second kappa shape index (κ2) is 16.4. The molecular weight excluding hydrogens is 705 g/mol. The summed E-state index contributed by atoms with van der Waals surface area (Å²) in [7, 11) is 5.03. The molecule has 11 nitrogen and oxygen atoms in total. The first-order valence-electron chi connectivity index (χ1n) is 15.9. The van der Waals surface area contributed by atoms with Crippen LogP contribution < -0.4 is 24.6 Å². The van der Waals surface area contributed by atoms with Gasteiger partial charge in [0.15, 0.2) is 17.0 Å². The second-order valence-electron chi connectivity index (χ2n) is 12.2. The molecule has 14 heteroatoms. The maximum atomic E-state index is 13.9. The van der Waals surface area contributed by atoms with Gasteiger partial charge in [0.1, 0.15) is 16.1 Å². The highest BCUT2D eigenvalue weighted by Crippen LogP contribution is 2.41. The highest BCUT2D eigenvalue weighted by molar-refractivity contribution is 7.14. The van der Waals surface area contributed by atoms with Crippen molar-refractivity contribution in [3.63, 3.8) is 0 Å². The summed E-state index contributed by atoms with van der Waals surface area (Å²) >= 11 is 14.1. The fourth-order valence-corrected chi connectivity index (χ4v) is 7.80.